The number of alkyl halides is 3. The Morgan fingerprint density at radius 1 is 1.27 bits per heavy atom. The van der Waals surface area contributed by atoms with Crippen LogP contribution in [-0.2, 0) is 17.4 Å². The third-order valence-corrected chi connectivity index (χ3v) is 3.04. The number of nitrogens with one attached hydrogen (secondary N) is 1. The van der Waals surface area contributed by atoms with Gasteiger partial charge in [-0.15, -0.1) is 5.10 Å². The molecular weight excluding hydrogens is 348 g/mol. The van der Waals surface area contributed by atoms with Crippen LogP contribution in [-0.4, -0.2) is 16.2 Å². The molecule has 1 aromatic carbocycles. The lowest BCUT2D eigenvalue weighted by Gasteiger charge is -2.11. The number of carbonyl (C=O) groups is 1. The Morgan fingerprint density at radius 2 is 1.86 bits per heavy atom. The normalized spacial score (nSPS) is 11.5. The zero-order valence-electron chi connectivity index (χ0n) is 10.5. The maximum atomic E-state index is 12.6. The molecule has 0 amide bonds. The van der Waals surface area contributed by atoms with Gasteiger partial charge in [0.15, 0.2) is 5.75 Å². The minimum Gasteiger partial charge on any atom is -0.550 e. The first-order valence-electron chi connectivity index (χ1n) is 5.65. The number of carboxylic acids is 1. The molecule has 22 heavy (non-hydrogen) atoms. The van der Waals surface area contributed by atoms with E-state index in [1.807, 2.05) is 0 Å². The van der Waals surface area contributed by atoms with E-state index < -0.39 is 24.1 Å². The van der Waals surface area contributed by atoms with Gasteiger partial charge in [-0.3, -0.25) is 5.10 Å². The van der Waals surface area contributed by atoms with E-state index in [1.54, 1.807) is 0 Å². The molecule has 5 nitrogen and oxygen atoms in total. The molecule has 0 aliphatic carbocycles. The van der Waals surface area contributed by atoms with Crippen molar-refractivity contribution in [2.45, 2.75) is 12.6 Å². The van der Waals surface area contributed by atoms with Gasteiger partial charge >= 0.3 is 6.18 Å². The second kappa shape index (κ2) is 6.05. The zero-order valence-corrected chi connectivity index (χ0v) is 12.0. The van der Waals surface area contributed by atoms with Gasteiger partial charge in [0.1, 0.15) is 0 Å². The Labute approximate surface area is 131 Å². The maximum Gasteiger partial charge on any atom is 0.416 e. The van der Waals surface area contributed by atoms with Crippen molar-refractivity contribution in [2.75, 3.05) is 0 Å². The first-order chi connectivity index (χ1) is 10.2. The standard InChI is InChI=1S/C12H7Cl2F3N2O3/c13-7-1-5(12(15,16)17)2-8(14)11(7)22-9-3-6(18-19-9)4-10(20)21/h1-3H,4H2,(H,18,19)(H,20,21)/p-1. The number of aliphatic carboxylic acids is 1. The number of benzene rings is 1. The van der Waals surface area contributed by atoms with Crippen molar-refractivity contribution in [3.8, 4) is 11.6 Å². The van der Waals surface area contributed by atoms with Crippen LogP contribution >= 0.6 is 23.2 Å². The molecule has 0 unspecified atom stereocenters. The van der Waals surface area contributed by atoms with Crippen LogP contribution in [0.2, 0.25) is 10.0 Å². The monoisotopic (exact) mass is 353 g/mol. The van der Waals surface area contributed by atoms with Crippen LogP contribution in [0.1, 0.15) is 11.3 Å². The van der Waals surface area contributed by atoms with Gasteiger partial charge in [-0.2, -0.15) is 13.2 Å². The van der Waals surface area contributed by atoms with Gasteiger partial charge in [0.05, 0.1) is 15.6 Å². The summed E-state index contributed by atoms with van der Waals surface area (Å²) in [5.41, 5.74) is -0.830. The molecule has 0 bridgehead atoms. The van der Waals surface area contributed by atoms with Crippen molar-refractivity contribution in [3.05, 3.63) is 39.5 Å². The number of nitrogens with zero attached hydrogens (tertiary/aromatic N) is 1. The fraction of sp³-hybridized carbons (Fsp3) is 0.167. The van der Waals surface area contributed by atoms with Crippen LogP contribution in [0, 0.1) is 0 Å². The van der Waals surface area contributed by atoms with Gasteiger partial charge in [-0.05, 0) is 12.1 Å². The van der Waals surface area contributed by atoms with Crippen molar-refractivity contribution >= 4 is 29.2 Å². The summed E-state index contributed by atoms with van der Waals surface area (Å²) in [4.78, 5) is 10.4. The molecule has 1 aromatic heterocycles. The van der Waals surface area contributed by atoms with Gasteiger partial charge in [-0.1, -0.05) is 23.2 Å². The first kappa shape index (κ1) is 16.4. The van der Waals surface area contributed by atoms with E-state index in [0.29, 0.717) is 12.1 Å². The number of aromatic amines is 1. The quantitative estimate of drug-likeness (QED) is 0.916. The van der Waals surface area contributed by atoms with E-state index in [1.165, 1.54) is 6.07 Å². The molecule has 2 aromatic rings. The third kappa shape index (κ3) is 3.83. The van der Waals surface area contributed by atoms with E-state index in [-0.39, 0.29) is 27.4 Å². The van der Waals surface area contributed by atoms with Crippen LogP contribution in [0.5, 0.6) is 11.6 Å². The number of carbonyl (C=O) groups excluding carboxylic acids is 1. The summed E-state index contributed by atoms with van der Waals surface area (Å²) in [6.45, 7) is 0. The molecule has 1 heterocycles. The van der Waals surface area contributed by atoms with E-state index >= 15 is 0 Å². The maximum absolute atomic E-state index is 12.6. The van der Waals surface area contributed by atoms with E-state index in [0.717, 1.165) is 0 Å². The Kier molecular flexibility index (Phi) is 4.52. The highest BCUT2D eigenvalue weighted by Crippen LogP contribution is 2.41. The van der Waals surface area contributed by atoms with Gasteiger partial charge in [-0.25, -0.2) is 0 Å². The Morgan fingerprint density at radius 3 is 2.36 bits per heavy atom. The Hall–Kier alpha value is -1.93. The summed E-state index contributed by atoms with van der Waals surface area (Å²) in [5.74, 6) is -1.65. The average Bonchev–Trinajstić information content (AvgIpc) is 2.79. The largest absolute Gasteiger partial charge is 0.550 e. The number of ether oxygens (including phenoxy) is 1. The smallest absolute Gasteiger partial charge is 0.416 e. The van der Waals surface area contributed by atoms with E-state index in [4.69, 9.17) is 27.9 Å². The topological polar surface area (TPSA) is 78.0 Å². The highest BCUT2D eigenvalue weighted by molar-refractivity contribution is 6.37. The summed E-state index contributed by atoms with van der Waals surface area (Å²) in [6, 6.07) is 2.56. The number of aromatic nitrogens is 2. The lowest BCUT2D eigenvalue weighted by molar-refractivity contribution is -0.304. The molecule has 2 rings (SSSR count). The predicted octanol–water partition coefficient (Wildman–Crippen LogP) is 2.82. The van der Waals surface area contributed by atoms with Crippen LogP contribution in [0.15, 0.2) is 18.2 Å². The van der Waals surface area contributed by atoms with Gasteiger partial charge in [0.25, 0.3) is 0 Å². The summed E-state index contributed by atoms with van der Waals surface area (Å²) < 4.78 is 43.0. The van der Waals surface area contributed by atoms with Gasteiger partial charge < -0.3 is 14.6 Å². The molecule has 1 N–H and O–H groups in total. The molecule has 0 atom stereocenters. The highest BCUT2D eigenvalue weighted by atomic mass is 35.5. The number of carboxylic acid groups (broad SMARTS) is 1. The lowest BCUT2D eigenvalue weighted by Crippen LogP contribution is -2.24. The van der Waals surface area contributed by atoms with Crippen LogP contribution in [0.25, 0.3) is 0 Å². The molecule has 118 valence electrons. The molecule has 0 saturated carbocycles. The van der Waals surface area contributed by atoms with Crippen molar-refractivity contribution < 1.29 is 27.8 Å². The fourth-order valence-corrected chi connectivity index (χ4v) is 2.13. The van der Waals surface area contributed by atoms with Gasteiger partial charge in [0, 0.05) is 24.2 Å². The number of rotatable bonds is 4. The zero-order chi connectivity index (χ0) is 16.5. The minimum absolute atomic E-state index is 0.0974. The number of H-pyrrole nitrogens is 1. The number of halogens is 5. The third-order valence-electron chi connectivity index (χ3n) is 2.47. The molecule has 0 aliphatic rings. The van der Waals surface area contributed by atoms with Crippen molar-refractivity contribution in [1.82, 2.24) is 10.2 Å². The average molecular weight is 354 g/mol. The Balaban J connectivity index is 2.26. The SMILES string of the molecule is O=C([O-])Cc1cc(Oc2c(Cl)cc(C(F)(F)F)cc2Cl)n[nH]1. The van der Waals surface area contributed by atoms with Crippen LogP contribution in [0.4, 0.5) is 13.2 Å². The van der Waals surface area contributed by atoms with Gasteiger partial charge in [0.2, 0.25) is 5.88 Å². The van der Waals surface area contributed by atoms with E-state index in [2.05, 4.69) is 10.2 Å². The molecule has 0 saturated heterocycles. The molecule has 0 radical (unpaired) electrons. The van der Waals surface area contributed by atoms with Crippen molar-refractivity contribution in [2.24, 2.45) is 0 Å². The molecule has 0 fully saturated rings. The van der Waals surface area contributed by atoms with E-state index in [9.17, 15) is 23.1 Å². The minimum atomic E-state index is -4.60. The molecule has 10 heteroatoms. The van der Waals surface area contributed by atoms with Crippen molar-refractivity contribution in [3.63, 3.8) is 0 Å². The molecule has 0 spiro atoms. The summed E-state index contributed by atoms with van der Waals surface area (Å²) in [5, 5.41) is 15.7. The molecule has 0 aliphatic heterocycles. The second-order valence-electron chi connectivity index (χ2n) is 4.15. The number of hydrogen-bond acceptors (Lipinski definition) is 4. The lowest BCUT2D eigenvalue weighted by atomic mass is 10.2. The Bertz CT molecular complexity index is 693. The summed E-state index contributed by atoms with van der Waals surface area (Å²) >= 11 is 11.5. The fourth-order valence-electron chi connectivity index (χ4n) is 1.56. The number of hydrogen-bond donors (Lipinski definition) is 1. The first-order valence-corrected chi connectivity index (χ1v) is 6.40. The summed E-state index contributed by atoms with van der Waals surface area (Å²) in [6.07, 6.45) is -5.02. The predicted molar refractivity (Wildman–Crippen MR) is 68.8 cm³/mol. The van der Waals surface area contributed by atoms with Crippen LogP contribution < -0.4 is 9.84 Å². The summed E-state index contributed by atoms with van der Waals surface area (Å²) in [7, 11) is 0. The van der Waals surface area contributed by atoms with Crippen molar-refractivity contribution in [1.29, 1.82) is 0 Å². The highest BCUT2D eigenvalue weighted by Gasteiger charge is 2.32. The molecular formula is C12H6Cl2F3N2O3-. The second-order valence-corrected chi connectivity index (χ2v) is 4.96. The van der Waals surface area contributed by atoms with Crippen LogP contribution in [0.3, 0.4) is 0 Å².